The lowest BCUT2D eigenvalue weighted by atomic mass is 10.0. The fourth-order valence-corrected chi connectivity index (χ4v) is 3.10. The minimum absolute atomic E-state index is 0.0200. The summed E-state index contributed by atoms with van der Waals surface area (Å²) in [6.45, 7) is 1.48. The highest BCUT2D eigenvalue weighted by molar-refractivity contribution is 6.31. The average molecular weight is 447 g/mol. The van der Waals surface area contributed by atoms with E-state index < -0.39 is 46.0 Å². The fraction of sp³-hybridized carbons (Fsp3) is 0.222. The zero-order valence-electron chi connectivity index (χ0n) is 15.3. The molecule has 1 atom stereocenters. The molecule has 0 bridgehead atoms. The van der Waals surface area contributed by atoms with Crippen molar-refractivity contribution in [2.24, 2.45) is 0 Å². The lowest BCUT2D eigenvalue weighted by molar-refractivity contribution is -0.141. The van der Waals surface area contributed by atoms with Crippen molar-refractivity contribution >= 4 is 28.3 Å². The van der Waals surface area contributed by atoms with Gasteiger partial charge in [-0.15, -0.1) is 0 Å². The number of hydrogen-bond donors (Lipinski definition) is 1. The molecule has 0 radical (unpaired) electrons. The van der Waals surface area contributed by atoms with Gasteiger partial charge in [-0.1, -0.05) is 11.6 Å². The fourth-order valence-electron chi connectivity index (χ4n) is 2.82. The van der Waals surface area contributed by atoms with Gasteiger partial charge in [-0.25, -0.2) is 18.9 Å². The third kappa shape index (κ3) is 3.84. The van der Waals surface area contributed by atoms with Gasteiger partial charge >= 0.3 is 6.18 Å². The molecule has 2 heterocycles. The maximum absolute atomic E-state index is 13.7. The zero-order chi connectivity index (χ0) is 22.4. The predicted octanol–water partition coefficient (Wildman–Crippen LogP) is 4.10. The molecule has 2 aromatic heterocycles. The van der Waals surface area contributed by atoms with Crippen molar-refractivity contribution in [2.75, 3.05) is 7.05 Å². The Labute approximate surface area is 170 Å². The minimum atomic E-state index is -4.78. The number of aromatic nitrogens is 3. The van der Waals surface area contributed by atoms with Crippen LogP contribution in [0, 0.1) is 11.6 Å². The van der Waals surface area contributed by atoms with Crippen LogP contribution in [0.4, 0.5) is 22.0 Å². The molecule has 0 aliphatic heterocycles. The van der Waals surface area contributed by atoms with Crippen LogP contribution in [0.15, 0.2) is 29.2 Å². The number of fused-ring (bicyclic) bond motifs is 1. The molecule has 0 aliphatic carbocycles. The van der Waals surface area contributed by atoms with E-state index in [0.29, 0.717) is 6.07 Å². The van der Waals surface area contributed by atoms with Crippen LogP contribution >= 0.6 is 11.6 Å². The van der Waals surface area contributed by atoms with E-state index in [0.717, 1.165) is 23.2 Å². The molecule has 12 heteroatoms. The van der Waals surface area contributed by atoms with Gasteiger partial charge < -0.3 is 4.90 Å². The highest BCUT2D eigenvalue weighted by Gasteiger charge is 2.36. The van der Waals surface area contributed by atoms with E-state index in [-0.39, 0.29) is 22.0 Å². The first-order chi connectivity index (χ1) is 13.9. The number of nitrogens with one attached hydrogen (secondary N) is 1. The first-order valence-corrected chi connectivity index (χ1v) is 8.66. The van der Waals surface area contributed by atoms with Crippen LogP contribution in [0.3, 0.4) is 0 Å². The number of halogens is 6. The van der Waals surface area contributed by atoms with Crippen LogP contribution in [-0.2, 0) is 6.18 Å². The third-order valence-electron chi connectivity index (χ3n) is 4.51. The Kier molecular flexibility index (Phi) is 5.50. The van der Waals surface area contributed by atoms with E-state index in [1.165, 1.54) is 14.0 Å². The number of benzene rings is 1. The van der Waals surface area contributed by atoms with E-state index in [4.69, 9.17) is 11.6 Å². The quantitative estimate of drug-likeness (QED) is 0.614. The van der Waals surface area contributed by atoms with Crippen LogP contribution in [0.2, 0.25) is 5.02 Å². The van der Waals surface area contributed by atoms with E-state index >= 15 is 0 Å². The molecule has 0 aliphatic rings. The SMILES string of the molecule is CC(c1n[nH]c(=O)c2cc(F)c(F)cc12)N(C)C(=O)c1cnc(C(F)(F)F)c(Cl)c1. The van der Waals surface area contributed by atoms with Gasteiger partial charge in [0.15, 0.2) is 17.3 Å². The maximum Gasteiger partial charge on any atom is 0.434 e. The molecule has 30 heavy (non-hydrogen) atoms. The molecule has 0 saturated carbocycles. The molecule has 0 spiro atoms. The minimum Gasteiger partial charge on any atom is -0.333 e. The molecule has 3 aromatic rings. The van der Waals surface area contributed by atoms with Gasteiger partial charge in [-0.2, -0.15) is 18.3 Å². The number of pyridine rings is 1. The second-order valence-electron chi connectivity index (χ2n) is 6.39. The standard InChI is InChI=1S/C18H12ClF5N4O2/c1-7(14-9-4-12(20)13(21)5-10(9)16(29)27-26-14)28(2)17(30)8-3-11(19)15(25-6-8)18(22,23)24/h3-7H,1-2H3,(H,27,29). The van der Waals surface area contributed by atoms with Crippen LogP contribution in [0.1, 0.15) is 34.7 Å². The Bertz CT molecular complexity index is 1210. The van der Waals surface area contributed by atoms with Crippen molar-refractivity contribution in [1.82, 2.24) is 20.1 Å². The summed E-state index contributed by atoms with van der Waals surface area (Å²) in [5, 5.41) is 5.03. The summed E-state index contributed by atoms with van der Waals surface area (Å²) in [6.07, 6.45) is -4.05. The topological polar surface area (TPSA) is 79.0 Å². The smallest absolute Gasteiger partial charge is 0.333 e. The van der Waals surface area contributed by atoms with E-state index in [9.17, 15) is 31.5 Å². The summed E-state index contributed by atoms with van der Waals surface area (Å²) < 4.78 is 65.6. The first-order valence-electron chi connectivity index (χ1n) is 8.29. The Morgan fingerprint density at radius 3 is 2.33 bits per heavy atom. The van der Waals surface area contributed by atoms with Crippen molar-refractivity contribution in [2.45, 2.75) is 19.1 Å². The Hall–Kier alpha value is -3.08. The summed E-state index contributed by atoms with van der Waals surface area (Å²) in [6, 6.07) is 1.44. The number of alkyl halides is 3. The predicted molar refractivity (Wildman–Crippen MR) is 97.0 cm³/mol. The lowest BCUT2D eigenvalue weighted by Gasteiger charge is -2.25. The highest BCUT2D eigenvalue weighted by Crippen LogP contribution is 2.33. The second-order valence-corrected chi connectivity index (χ2v) is 6.80. The van der Waals surface area contributed by atoms with Gasteiger partial charge in [0.2, 0.25) is 0 Å². The summed E-state index contributed by atoms with van der Waals surface area (Å²) >= 11 is 5.60. The van der Waals surface area contributed by atoms with E-state index in [1.54, 1.807) is 0 Å². The van der Waals surface area contributed by atoms with Crippen molar-refractivity contribution in [1.29, 1.82) is 0 Å². The molecule has 0 saturated heterocycles. The second kappa shape index (κ2) is 7.63. The van der Waals surface area contributed by atoms with Gasteiger partial charge in [0, 0.05) is 18.6 Å². The third-order valence-corrected chi connectivity index (χ3v) is 4.80. The number of hydrogen-bond acceptors (Lipinski definition) is 4. The molecule has 3 rings (SSSR count). The summed E-state index contributed by atoms with van der Waals surface area (Å²) in [4.78, 5) is 28.9. The molecule has 1 aromatic carbocycles. The maximum atomic E-state index is 13.7. The number of nitrogens with zero attached hydrogens (tertiary/aromatic N) is 3. The molecule has 1 N–H and O–H groups in total. The van der Waals surface area contributed by atoms with E-state index in [2.05, 4.69) is 15.2 Å². The van der Waals surface area contributed by atoms with Gasteiger partial charge in [0.05, 0.1) is 27.7 Å². The molecule has 0 fully saturated rings. The largest absolute Gasteiger partial charge is 0.434 e. The number of rotatable bonds is 3. The summed E-state index contributed by atoms with van der Waals surface area (Å²) in [5.41, 5.74) is -2.27. The van der Waals surface area contributed by atoms with E-state index in [1.807, 2.05) is 0 Å². The van der Waals surface area contributed by atoms with Crippen LogP contribution in [0.5, 0.6) is 0 Å². The average Bonchev–Trinajstić information content (AvgIpc) is 2.67. The molecule has 1 amide bonds. The van der Waals surface area contributed by atoms with Crippen LogP contribution < -0.4 is 5.56 Å². The van der Waals surface area contributed by atoms with Gasteiger partial charge in [0.1, 0.15) is 0 Å². The zero-order valence-corrected chi connectivity index (χ0v) is 16.1. The number of amides is 1. The van der Waals surface area contributed by atoms with Crippen molar-refractivity contribution in [3.05, 3.63) is 68.4 Å². The molecule has 6 nitrogen and oxygen atoms in total. The number of carbonyl (C=O) groups is 1. The summed E-state index contributed by atoms with van der Waals surface area (Å²) in [5.74, 6) is -3.20. The summed E-state index contributed by atoms with van der Waals surface area (Å²) in [7, 11) is 1.32. The van der Waals surface area contributed by atoms with Gasteiger partial charge in [-0.05, 0) is 25.1 Å². The van der Waals surface area contributed by atoms with Crippen molar-refractivity contribution in [3.8, 4) is 0 Å². The first kappa shape index (κ1) is 21.6. The monoisotopic (exact) mass is 446 g/mol. The molecular weight excluding hydrogens is 435 g/mol. The molecule has 158 valence electrons. The number of carbonyl (C=O) groups excluding carboxylic acids is 1. The van der Waals surface area contributed by atoms with Gasteiger partial charge in [0.25, 0.3) is 11.5 Å². The van der Waals surface area contributed by atoms with Crippen molar-refractivity contribution < 1.29 is 26.7 Å². The highest BCUT2D eigenvalue weighted by atomic mass is 35.5. The van der Waals surface area contributed by atoms with Crippen molar-refractivity contribution in [3.63, 3.8) is 0 Å². The number of aromatic amines is 1. The molecule has 1 unspecified atom stereocenters. The Balaban J connectivity index is 2.00. The molecular formula is C18H12ClF5N4O2. The van der Waals surface area contributed by atoms with Crippen LogP contribution in [0.25, 0.3) is 10.8 Å². The lowest BCUT2D eigenvalue weighted by Crippen LogP contribution is -2.31. The Morgan fingerprint density at radius 1 is 1.17 bits per heavy atom. The Morgan fingerprint density at radius 2 is 1.77 bits per heavy atom. The van der Waals surface area contributed by atoms with Gasteiger partial charge in [-0.3, -0.25) is 9.59 Å². The van der Waals surface area contributed by atoms with Crippen LogP contribution in [-0.4, -0.2) is 33.0 Å². The normalized spacial score (nSPS) is 12.8. The number of H-pyrrole nitrogens is 1.